The molecule has 0 spiro atoms. The van der Waals surface area contributed by atoms with Crippen LogP contribution < -0.4 is 16.2 Å². The largest absolute Gasteiger partial charge is 0.311 e. The second-order valence-corrected chi connectivity index (χ2v) is 3.93. The van der Waals surface area contributed by atoms with Gasteiger partial charge >= 0.3 is 0 Å². The lowest BCUT2D eigenvalue weighted by Gasteiger charge is -2.25. The standard InChI is InChI=1S/C12H18N4/c1-14-12(15-13)16-9-5-4-7-10-6-2-3-8-11(10)16/h2-3,6,8H,4-5,7,9,13H2,1H3,(H,14,15). The molecule has 0 bridgehead atoms. The molecule has 1 aromatic carbocycles. The van der Waals surface area contributed by atoms with Crippen LogP contribution in [0.4, 0.5) is 5.69 Å². The van der Waals surface area contributed by atoms with Crippen LogP contribution in [0, 0.1) is 0 Å². The van der Waals surface area contributed by atoms with Crippen molar-refractivity contribution in [2.75, 3.05) is 18.5 Å². The Morgan fingerprint density at radius 1 is 1.38 bits per heavy atom. The van der Waals surface area contributed by atoms with E-state index < -0.39 is 0 Å². The Morgan fingerprint density at radius 3 is 2.94 bits per heavy atom. The Bertz CT molecular complexity index is 386. The van der Waals surface area contributed by atoms with Crippen LogP contribution in [0.2, 0.25) is 0 Å². The maximum Gasteiger partial charge on any atom is 0.212 e. The van der Waals surface area contributed by atoms with Crippen LogP contribution in [0.1, 0.15) is 18.4 Å². The fourth-order valence-corrected chi connectivity index (χ4v) is 2.17. The minimum absolute atomic E-state index is 0.731. The fourth-order valence-electron chi connectivity index (χ4n) is 2.17. The third-order valence-corrected chi connectivity index (χ3v) is 2.96. The average molecular weight is 218 g/mol. The second kappa shape index (κ2) is 4.99. The van der Waals surface area contributed by atoms with Gasteiger partial charge < -0.3 is 4.90 Å². The summed E-state index contributed by atoms with van der Waals surface area (Å²) in [6.07, 6.45) is 3.51. The van der Waals surface area contributed by atoms with Gasteiger partial charge in [-0.15, -0.1) is 0 Å². The summed E-state index contributed by atoms with van der Waals surface area (Å²) in [4.78, 5) is 6.33. The van der Waals surface area contributed by atoms with Crippen LogP contribution >= 0.6 is 0 Å². The molecule has 0 fully saturated rings. The molecule has 0 amide bonds. The van der Waals surface area contributed by atoms with Crippen molar-refractivity contribution >= 4 is 11.6 Å². The zero-order valence-corrected chi connectivity index (χ0v) is 9.61. The third-order valence-electron chi connectivity index (χ3n) is 2.96. The van der Waals surface area contributed by atoms with Crippen LogP contribution in [0.15, 0.2) is 29.3 Å². The van der Waals surface area contributed by atoms with Gasteiger partial charge in [0, 0.05) is 19.3 Å². The molecule has 0 atom stereocenters. The highest BCUT2D eigenvalue weighted by Crippen LogP contribution is 2.25. The van der Waals surface area contributed by atoms with Crippen LogP contribution in [0.5, 0.6) is 0 Å². The van der Waals surface area contributed by atoms with Crippen LogP contribution in [0.25, 0.3) is 0 Å². The molecule has 0 saturated carbocycles. The maximum absolute atomic E-state index is 5.50. The van der Waals surface area contributed by atoms with Crippen molar-refractivity contribution in [3.63, 3.8) is 0 Å². The fraction of sp³-hybridized carbons (Fsp3) is 0.417. The van der Waals surface area contributed by atoms with E-state index in [4.69, 9.17) is 5.84 Å². The summed E-state index contributed by atoms with van der Waals surface area (Å²) in [6.45, 7) is 0.966. The summed E-state index contributed by atoms with van der Waals surface area (Å²) < 4.78 is 0. The Labute approximate surface area is 96.1 Å². The number of para-hydroxylation sites is 1. The van der Waals surface area contributed by atoms with Gasteiger partial charge in [0.2, 0.25) is 5.96 Å². The second-order valence-electron chi connectivity index (χ2n) is 3.93. The SMILES string of the molecule is CN=C(NN)N1CCCCc2ccccc21. The smallest absolute Gasteiger partial charge is 0.212 e. The summed E-state index contributed by atoms with van der Waals surface area (Å²) in [7, 11) is 1.75. The first kappa shape index (κ1) is 11.0. The number of benzene rings is 1. The van der Waals surface area contributed by atoms with Gasteiger partial charge in [-0.25, -0.2) is 5.84 Å². The summed E-state index contributed by atoms with van der Waals surface area (Å²) in [5.41, 5.74) is 5.26. The van der Waals surface area contributed by atoms with Crippen LogP contribution in [-0.2, 0) is 6.42 Å². The van der Waals surface area contributed by atoms with Gasteiger partial charge in [0.25, 0.3) is 0 Å². The van der Waals surface area contributed by atoms with Crippen molar-refractivity contribution in [2.24, 2.45) is 10.8 Å². The van der Waals surface area contributed by atoms with E-state index in [1.165, 1.54) is 17.7 Å². The topological polar surface area (TPSA) is 53.6 Å². The van der Waals surface area contributed by atoms with E-state index in [-0.39, 0.29) is 0 Å². The lowest BCUT2D eigenvalue weighted by Crippen LogP contribution is -2.45. The molecule has 1 aromatic rings. The average Bonchev–Trinajstić information content (AvgIpc) is 2.54. The summed E-state index contributed by atoms with van der Waals surface area (Å²) in [5.74, 6) is 6.23. The molecule has 0 radical (unpaired) electrons. The van der Waals surface area contributed by atoms with Crippen molar-refractivity contribution in [3.05, 3.63) is 29.8 Å². The number of rotatable bonds is 0. The van der Waals surface area contributed by atoms with Crippen molar-refractivity contribution < 1.29 is 0 Å². The van der Waals surface area contributed by atoms with E-state index in [9.17, 15) is 0 Å². The minimum atomic E-state index is 0.731. The Morgan fingerprint density at radius 2 is 2.19 bits per heavy atom. The highest BCUT2D eigenvalue weighted by molar-refractivity contribution is 5.96. The zero-order valence-electron chi connectivity index (χ0n) is 9.61. The van der Waals surface area contributed by atoms with Crippen LogP contribution in [0.3, 0.4) is 0 Å². The van der Waals surface area contributed by atoms with Gasteiger partial charge in [0.1, 0.15) is 0 Å². The lowest BCUT2D eigenvalue weighted by molar-refractivity contribution is 0.758. The highest BCUT2D eigenvalue weighted by atomic mass is 15.4. The molecule has 2 rings (SSSR count). The molecule has 1 aliphatic rings. The van der Waals surface area contributed by atoms with Crippen molar-refractivity contribution in [1.82, 2.24) is 5.43 Å². The van der Waals surface area contributed by atoms with Gasteiger partial charge in [0.15, 0.2) is 0 Å². The van der Waals surface area contributed by atoms with E-state index in [1.807, 2.05) is 0 Å². The van der Waals surface area contributed by atoms with Gasteiger partial charge in [0.05, 0.1) is 0 Å². The number of fused-ring (bicyclic) bond motifs is 1. The first-order valence-electron chi connectivity index (χ1n) is 5.65. The highest BCUT2D eigenvalue weighted by Gasteiger charge is 2.17. The Balaban J connectivity index is 2.39. The molecule has 0 aliphatic carbocycles. The monoisotopic (exact) mass is 218 g/mol. The molecule has 1 heterocycles. The number of nitrogens with one attached hydrogen (secondary N) is 1. The Kier molecular flexibility index (Phi) is 3.41. The molecule has 0 unspecified atom stereocenters. The van der Waals surface area contributed by atoms with E-state index in [2.05, 4.69) is 39.6 Å². The predicted octanol–water partition coefficient (Wildman–Crippen LogP) is 1.28. The van der Waals surface area contributed by atoms with E-state index in [1.54, 1.807) is 7.05 Å². The molecule has 4 heteroatoms. The number of nitrogens with two attached hydrogens (primary N) is 1. The van der Waals surface area contributed by atoms with E-state index >= 15 is 0 Å². The Hall–Kier alpha value is -1.55. The quantitative estimate of drug-likeness (QED) is 0.298. The van der Waals surface area contributed by atoms with Gasteiger partial charge in [-0.3, -0.25) is 10.4 Å². The number of guanidine groups is 1. The third kappa shape index (κ3) is 2.02. The minimum Gasteiger partial charge on any atom is -0.311 e. The molecule has 0 aromatic heterocycles. The first-order valence-corrected chi connectivity index (χ1v) is 5.65. The van der Waals surface area contributed by atoms with Crippen molar-refractivity contribution in [1.29, 1.82) is 0 Å². The number of hydrogen-bond acceptors (Lipinski definition) is 2. The maximum atomic E-state index is 5.50. The molecule has 0 saturated heterocycles. The number of aliphatic imine (C=N–C) groups is 1. The molecule has 4 nitrogen and oxygen atoms in total. The van der Waals surface area contributed by atoms with Gasteiger partial charge in [-0.1, -0.05) is 18.2 Å². The zero-order chi connectivity index (χ0) is 11.4. The van der Waals surface area contributed by atoms with Gasteiger partial charge in [-0.05, 0) is 30.9 Å². The number of aryl methyl sites for hydroxylation is 1. The molecule has 1 aliphatic heterocycles. The van der Waals surface area contributed by atoms with Crippen LogP contribution in [-0.4, -0.2) is 19.6 Å². The van der Waals surface area contributed by atoms with Crippen molar-refractivity contribution in [3.8, 4) is 0 Å². The number of anilines is 1. The first-order chi connectivity index (χ1) is 7.86. The summed E-state index contributed by atoms with van der Waals surface area (Å²) >= 11 is 0. The van der Waals surface area contributed by atoms with Crippen molar-refractivity contribution in [2.45, 2.75) is 19.3 Å². The summed E-state index contributed by atoms with van der Waals surface area (Å²) in [6, 6.07) is 8.45. The molecule has 86 valence electrons. The normalized spacial score (nSPS) is 16.6. The van der Waals surface area contributed by atoms with Gasteiger partial charge in [-0.2, -0.15) is 0 Å². The molecular formula is C12H18N4. The number of nitrogens with zero attached hydrogens (tertiary/aromatic N) is 2. The van der Waals surface area contributed by atoms with E-state index in [0.717, 1.165) is 25.3 Å². The molecule has 16 heavy (non-hydrogen) atoms. The predicted molar refractivity (Wildman–Crippen MR) is 67.4 cm³/mol. The number of hydrazine groups is 1. The molecular weight excluding hydrogens is 200 g/mol. The number of hydrogen-bond donors (Lipinski definition) is 2. The molecule has 3 N–H and O–H groups in total. The summed E-state index contributed by atoms with van der Waals surface area (Å²) in [5, 5.41) is 0. The van der Waals surface area contributed by atoms with E-state index in [0.29, 0.717) is 0 Å². The lowest BCUT2D eigenvalue weighted by atomic mass is 10.1.